The molecule has 31 heavy (non-hydrogen) atoms. The first-order valence-corrected chi connectivity index (χ1v) is 11.8. The number of nitrogens with two attached hydrogens (primary N) is 1. The highest BCUT2D eigenvalue weighted by molar-refractivity contribution is 7.91. The maximum absolute atomic E-state index is 14.0. The number of hydrogen-bond acceptors (Lipinski definition) is 6. The van der Waals surface area contributed by atoms with Gasteiger partial charge in [-0.15, -0.1) is 0 Å². The lowest BCUT2D eigenvalue weighted by Gasteiger charge is -2.25. The summed E-state index contributed by atoms with van der Waals surface area (Å²) in [6.45, 7) is 3.05. The van der Waals surface area contributed by atoms with E-state index in [2.05, 4.69) is 9.88 Å². The van der Waals surface area contributed by atoms with Crippen molar-refractivity contribution >= 4 is 15.5 Å². The molecule has 0 amide bonds. The van der Waals surface area contributed by atoms with Crippen molar-refractivity contribution in [3.8, 4) is 16.9 Å². The molecule has 0 saturated carbocycles. The number of aromatic nitrogens is 1. The van der Waals surface area contributed by atoms with Gasteiger partial charge in [0, 0.05) is 36.0 Å². The summed E-state index contributed by atoms with van der Waals surface area (Å²) in [5.41, 5.74) is 10.4. The summed E-state index contributed by atoms with van der Waals surface area (Å²) < 4.78 is 40.5. The summed E-state index contributed by atoms with van der Waals surface area (Å²) in [7, 11) is -0.891. The Hall–Kier alpha value is -2.97. The van der Waals surface area contributed by atoms with Crippen molar-refractivity contribution in [3.63, 3.8) is 0 Å². The van der Waals surface area contributed by atoms with Gasteiger partial charge in [-0.1, -0.05) is 12.1 Å². The van der Waals surface area contributed by atoms with Gasteiger partial charge in [0.2, 0.25) is 0 Å². The van der Waals surface area contributed by atoms with Crippen molar-refractivity contribution in [2.75, 3.05) is 19.0 Å². The highest BCUT2D eigenvalue weighted by Gasteiger charge is 2.20. The molecule has 4 rings (SSSR count). The Labute approximate surface area is 181 Å². The zero-order valence-electron chi connectivity index (χ0n) is 17.7. The first-order chi connectivity index (χ1) is 14.6. The lowest BCUT2D eigenvalue weighted by atomic mass is 9.98. The Balaban J connectivity index is 1.92. The molecule has 0 aliphatic carbocycles. The summed E-state index contributed by atoms with van der Waals surface area (Å²) in [4.78, 5) is 6.87. The van der Waals surface area contributed by atoms with Gasteiger partial charge < -0.3 is 10.5 Å². The Morgan fingerprint density at radius 1 is 1.19 bits per heavy atom. The third-order valence-corrected chi connectivity index (χ3v) is 6.61. The number of hydrogen-bond donors (Lipinski definition) is 2. The minimum atomic E-state index is -2.88. The van der Waals surface area contributed by atoms with Crippen LogP contribution in [0.15, 0.2) is 53.6 Å². The molecule has 6 nitrogen and oxygen atoms in total. The molecule has 2 heterocycles. The molecule has 0 radical (unpaired) electrons. The lowest BCUT2D eigenvalue weighted by Crippen LogP contribution is -2.20. The van der Waals surface area contributed by atoms with Gasteiger partial charge in [-0.25, -0.2) is 18.4 Å². The smallest absolute Gasteiger partial charge is 0.166 e. The molecule has 1 aromatic heterocycles. The molecule has 3 aromatic rings. The molecule has 0 spiro atoms. The molecular weight excluding hydrogens is 415 g/mol. The second-order valence-corrected chi connectivity index (χ2v) is 10.2. The van der Waals surface area contributed by atoms with Gasteiger partial charge in [0.15, 0.2) is 11.6 Å². The molecular formula is C23H25FN4O2S. The molecule has 1 unspecified atom stereocenters. The number of nitrogens with one attached hydrogen (secondary N) is 1. The molecule has 3 N–H and O–H groups in total. The number of ether oxygens (including phenoxy) is 1. The number of halogens is 1. The van der Waals surface area contributed by atoms with Crippen molar-refractivity contribution in [1.82, 2.24) is 9.88 Å². The average molecular weight is 441 g/mol. The predicted octanol–water partition coefficient (Wildman–Crippen LogP) is 4.59. The third kappa shape index (κ3) is 4.40. The van der Waals surface area contributed by atoms with Crippen LogP contribution >= 0.6 is 0 Å². The van der Waals surface area contributed by atoms with Crippen LogP contribution in [-0.2, 0) is 22.8 Å². The Morgan fingerprint density at radius 3 is 2.65 bits per heavy atom. The Kier molecular flexibility index (Phi) is 5.45. The zero-order chi connectivity index (χ0) is 22.3. The largest absolute Gasteiger partial charge is 0.482 e. The number of benzene rings is 2. The minimum Gasteiger partial charge on any atom is -0.482 e. The number of anilines is 1. The highest BCUT2D eigenvalue weighted by atomic mass is 32.2. The molecule has 2 bridgehead atoms. The second kappa shape index (κ2) is 7.94. The van der Waals surface area contributed by atoms with E-state index in [1.165, 1.54) is 18.4 Å². The van der Waals surface area contributed by atoms with Gasteiger partial charge in [-0.3, -0.25) is 4.90 Å². The summed E-state index contributed by atoms with van der Waals surface area (Å²) >= 11 is 0. The second-order valence-electron chi connectivity index (χ2n) is 8.05. The third-order valence-electron chi connectivity index (χ3n) is 5.45. The molecule has 162 valence electrons. The number of rotatable bonds is 1. The molecule has 0 fully saturated rings. The van der Waals surface area contributed by atoms with Gasteiger partial charge in [0.25, 0.3) is 0 Å². The van der Waals surface area contributed by atoms with E-state index in [9.17, 15) is 8.60 Å². The number of fused-ring (bicyclic) bond motifs is 5. The van der Waals surface area contributed by atoms with Crippen molar-refractivity contribution in [2.45, 2.75) is 31.0 Å². The van der Waals surface area contributed by atoms with Gasteiger partial charge in [0.1, 0.15) is 11.9 Å². The molecule has 1 aliphatic heterocycles. The van der Waals surface area contributed by atoms with Crippen molar-refractivity contribution < 1.29 is 13.3 Å². The van der Waals surface area contributed by atoms with E-state index in [0.29, 0.717) is 23.7 Å². The number of pyridine rings is 1. The zero-order valence-corrected chi connectivity index (χ0v) is 18.5. The molecule has 2 aromatic carbocycles. The van der Waals surface area contributed by atoms with E-state index in [1.807, 2.05) is 20.0 Å². The van der Waals surface area contributed by atoms with Crippen LogP contribution in [0.3, 0.4) is 0 Å². The molecule has 8 heteroatoms. The van der Waals surface area contributed by atoms with Crippen molar-refractivity contribution in [2.24, 2.45) is 0 Å². The quantitative estimate of drug-likeness (QED) is 0.577. The maximum atomic E-state index is 14.0. The Bertz CT molecular complexity index is 1260. The average Bonchev–Trinajstić information content (AvgIpc) is 2.69. The predicted molar refractivity (Wildman–Crippen MR) is 120 cm³/mol. The van der Waals surface area contributed by atoms with Crippen molar-refractivity contribution in [1.29, 1.82) is 4.78 Å². The van der Waals surface area contributed by atoms with Crippen LogP contribution in [-0.4, -0.2) is 27.4 Å². The first kappa shape index (κ1) is 21.3. The first-order valence-electron chi connectivity index (χ1n) is 9.88. The van der Waals surface area contributed by atoms with Crippen LogP contribution in [0.25, 0.3) is 11.1 Å². The van der Waals surface area contributed by atoms with Crippen LogP contribution < -0.4 is 10.5 Å². The summed E-state index contributed by atoms with van der Waals surface area (Å²) in [6.07, 6.45) is 2.62. The van der Waals surface area contributed by atoms with Crippen LogP contribution in [0.2, 0.25) is 0 Å². The van der Waals surface area contributed by atoms with E-state index in [4.69, 9.17) is 15.3 Å². The van der Waals surface area contributed by atoms with Crippen molar-refractivity contribution in [3.05, 3.63) is 71.2 Å². The Morgan fingerprint density at radius 2 is 1.90 bits per heavy atom. The molecule has 2 atom stereocenters. The van der Waals surface area contributed by atoms with Crippen LogP contribution in [0.4, 0.5) is 10.2 Å². The van der Waals surface area contributed by atoms with Crippen LogP contribution in [0, 0.1) is 10.6 Å². The number of nitrogen functional groups attached to an aromatic ring is 1. The summed E-state index contributed by atoms with van der Waals surface area (Å²) in [6, 6.07) is 11.9. The van der Waals surface area contributed by atoms with E-state index in [-0.39, 0.29) is 11.6 Å². The van der Waals surface area contributed by atoms with Gasteiger partial charge in [0.05, 0.1) is 9.73 Å². The van der Waals surface area contributed by atoms with Gasteiger partial charge in [-0.2, -0.15) is 0 Å². The highest BCUT2D eigenvalue weighted by Crippen LogP contribution is 2.35. The monoisotopic (exact) mass is 440 g/mol. The SMILES string of the molecule is C[C@H]1Oc2cc(cnc2N)-c2cc(S(C)(=N)=O)ccc2CN(C)Cc2ccc(F)cc21. The number of nitrogens with zero attached hydrogens (tertiary/aromatic N) is 2. The van der Waals surface area contributed by atoms with Crippen LogP contribution in [0.1, 0.15) is 29.7 Å². The summed E-state index contributed by atoms with van der Waals surface area (Å²) in [5, 5.41) is 0. The minimum absolute atomic E-state index is 0.236. The normalized spacial score (nSPS) is 18.5. The fourth-order valence-electron chi connectivity index (χ4n) is 3.88. The van der Waals surface area contributed by atoms with E-state index in [0.717, 1.165) is 27.8 Å². The molecule has 0 saturated heterocycles. The molecule has 1 aliphatic rings. The maximum Gasteiger partial charge on any atom is 0.166 e. The fourth-order valence-corrected chi connectivity index (χ4v) is 4.55. The standard InChI is InChI=1S/C23H25FN4O2S/c1-14-20-9-18(24)6-4-15(20)12-28(2)13-16-5-7-19(31(3,26)29)10-21(16)17-8-22(30-14)23(25)27-11-17/h4-11,14,26H,12-13H2,1-3H3,(H2,25,27)/t14-,31?/m1/s1. The summed E-state index contributed by atoms with van der Waals surface area (Å²) in [5.74, 6) is 0.314. The fraction of sp³-hybridized carbons (Fsp3) is 0.261. The van der Waals surface area contributed by atoms with Crippen LogP contribution in [0.5, 0.6) is 5.75 Å². The van der Waals surface area contributed by atoms with Gasteiger partial charge in [-0.05, 0) is 66.6 Å². The van der Waals surface area contributed by atoms with E-state index in [1.54, 1.807) is 30.5 Å². The van der Waals surface area contributed by atoms with E-state index >= 15 is 0 Å². The lowest BCUT2D eigenvalue weighted by molar-refractivity contribution is 0.223. The topological polar surface area (TPSA) is 92.3 Å². The van der Waals surface area contributed by atoms with E-state index < -0.39 is 15.8 Å². The van der Waals surface area contributed by atoms with Gasteiger partial charge >= 0.3 is 0 Å².